The zero-order chi connectivity index (χ0) is 19.3. The molecule has 0 unspecified atom stereocenters. The molecule has 0 aliphatic carbocycles. The Hall–Kier alpha value is -3.35. The SMILES string of the molecule is Cn1cnnc1CCNC(=O)C[C@H](c1ccccc1)c1ccc2c(c1)OCO2. The molecular weight excluding hydrogens is 356 g/mol. The molecule has 0 bridgehead atoms. The van der Waals surface area contributed by atoms with Crippen LogP contribution in [0.4, 0.5) is 0 Å². The maximum Gasteiger partial charge on any atom is 0.231 e. The summed E-state index contributed by atoms with van der Waals surface area (Å²) in [5.74, 6) is 2.24. The molecule has 0 spiro atoms. The number of aryl methyl sites for hydroxylation is 1. The predicted molar refractivity (Wildman–Crippen MR) is 103 cm³/mol. The van der Waals surface area contributed by atoms with Gasteiger partial charge in [-0.3, -0.25) is 4.79 Å². The average molecular weight is 378 g/mol. The first-order chi connectivity index (χ1) is 13.7. The third-order valence-corrected chi connectivity index (χ3v) is 4.87. The number of hydrogen-bond donors (Lipinski definition) is 1. The lowest BCUT2D eigenvalue weighted by molar-refractivity contribution is -0.121. The predicted octanol–water partition coefficient (Wildman–Crippen LogP) is 2.42. The number of ether oxygens (including phenoxy) is 2. The first kappa shape index (κ1) is 18.0. The van der Waals surface area contributed by atoms with Gasteiger partial charge in [0.2, 0.25) is 12.7 Å². The van der Waals surface area contributed by atoms with E-state index < -0.39 is 0 Å². The van der Waals surface area contributed by atoms with Crippen molar-refractivity contribution in [2.75, 3.05) is 13.3 Å². The Morgan fingerprint density at radius 1 is 1.14 bits per heavy atom. The number of hydrogen-bond acceptors (Lipinski definition) is 5. The van der Waals surface area contributed by atoms with Gasteiger partial charge < -0.3 is 19.4 Å². The molecule has 0 saturated carbocycles. The van der Waals surface area contributed by atoms with Crippen molar-refractivity contribution in [3.8, 4) is 11.5 Å². The van der Waals surface area contributed by atoms with Crippen LogP contribution in [0.2, 0.25) is 0 Å². The van der Waals surface area contributed by atoms with Gasteiger partial charge in [0.25, 0.3) is 0 Å². The maximum absolute atomic E-state index is 12.6. The Balaban J connectivity index is 1.46. The Morgan fingerprint density at radius 2 is 1.96 bits per heavy atom. The topological polar surface area (TPSA) is 78.3 Å². The number of rotatable bonds is 7. The molecule has 0 radical (unpaired) electrons. The van der Waals surface area contributed by atoms with Crippen LogP contribution in [-0.4, -0.2) is 34.0 Å². The number of nitrogens with zero attached hydrogens (tertiary/aromatic N) is 3. The van der Waals surface area contributed by atoms with Crippen molar-refractivity contribution >= 4 is 5.91 Å². The van der Waals surface area contributed by atoms with Gasteiger partial charge in [-0.15, -0.1) is 10.2 Å². The summed E-state index contributed by atoms with van der Waals surface area (Å²) in [6, 6.07) is 15.9. The molecule has 2 heterocycles. The van der Waals surface area contributed by atoms with Crippen LogP contribution in [0.5, 0.6) is 11.5 Å². The zero-order valence-electron chi connectivity index (χ0n) is 15.7. The van der Waals surface area contributed by atoms with Gasteiger partial charge in [-0.05, 0) is 23.3 Å². The van der Waals surface area contributed by atoms with Crippen molar-refractivity contribution in [3.05, 3.63) is 71.8 Å². The molecule has 1 N–H and O–H groups in total. The van der Waals surface area contributed by atoms with E-state index >= 15 is 0 Å². The second-order valence-corrected chi connectivity index (χ2v) is 6.74. The molecular formula is C21H22N4O3. The second-order valence-electron chi connectivity index (χ2n) is 6.74. The molecule has 4 rings (SSSR count). The highest BCUT2D eigenvalue weighted by molar-refractivity contribution is 5.77. The highest BCUT2D eigenvalue weighted by Gasteiger charge is 2.21. The number of nitrogens with one attached hydrogen (secondary N) is 1. The first-order valence-corrected chi connectivity index (χ1v) is 9.25. The van der Waals surface area contributed by atoms with Crippen molar-refractivity contribution < 1.29 is 14.3 Å². The van der Waals surface area contributed by atoms with Crippen molar-refractivity contribution in [2.45, 2.75) is 18.8 Å². The van der Waals surface area contributed by atoms with Gasteiger partial charge in [-0.2, -0.15) is 0 Å². The Labute approximate surface area is 163 Å². The van der Waals surface area contributed by atoms with E-state index in [9.17, 15) is 4.79 Å². The van der Waals surface area contributed by atoms with Gasteiger partial charge in [0.1, 0.15) is 12.2 Å². The monoisotopic (exact) mass is 378 g/mol. The Morgan fingerprint density at radius 3 is 2.75 bits per heavy atom. The van der Waals surface area contributed by atoms with Gasteiger partial charge in [0.15, 0.2) is 11.5 Å². The molecule has 1 aliphatic rings. The summed E-state index contributed by atoms with van der Waals surface area (Å²) in [6.45, 7) is 0.755. The van der Waals surface area contributed by atoms with E-state index in [1.54, 1.807) is 6.33 Å². The normalized spacial score (nSPS) is 13.3. The van der Waals surface area contributed by atoms with Crippen molar-refractivity contribution in [3.63, 3.8) is 0 Å². The van der Waals surface area contributed by atoms with E-state index in [-0.39, 0.29) is 18.6 Å². The highest BCUT2D eigenvalue weighted by atomic mass is 16.7. The largest absolute Gasteiger partial charge is 0.454 e. The fourth-order valence-electron chi connectivity index (χ4n) is 3.35. The summed E-state index contributed by atoms with van der Waals surface area (Å²) in [5.41, 5.74) is 2.11. The van der Waals surface area contributed by atoms with Crippen LogP contribution in [-0.2, 0) is 18.3 Å². The number of carbonyl (C=O) groups excluding carboxylic acids is 1. The van der Waals surface area contributed by atoms with Crippen LogP contribution < -0.4 is 14.8 Å². The van der Waals surface area contributed by atoms with Crippen LogP contribution in [0.25, 0.3) is 0 Å². The molecule has 0 saturated heterocycles. The third-order valence-electron chi connectivity index (χ3n) is 4.87. The minimum atomic E-state index is -0.0643. The summed E-state index contributed by atoms with van der Waals surface area (Å²) >= 11 is 0. The fourth-order valence-corrected chi connectivity index (χ4v) is 3.35. The van der Waals surface area contributed by atoms with E-state index in [1.807, 2.05) is 60.1 Å². The molecule has 1 aromatic heterocycles. The molecule has 1 aliphatic heterocycles. The smallest absolute Gasteiger partial charge is 0.231 e. The maximum atomic E-state index is 12.6. The molecule has 7 nitrogen and oxygen atoms in total. The highest BCUT2D eigenvalue weighted by Crippen LogP contribution is 2.37. The van der Waals surface area contributed by atoms with Gasteiger partial charge >= 0.3 is 0 Å². The van der Waals surface area contributed by atoms with E-state index in [4.69, 9.17) is 9.47 Å². The van der Waals surface area contributed by atoms with E-state index in [1.165, 1.54) is 0 Å². The third kappa shape index (κ3) is 3.98. The van der Waals surface area contributed by atoms with E-state index in [2.05, 4.69) is 15.5 Å². The Bertz CT molecular complexity index is 955. The number of aromatic nitrogens is 3. The van der Waals surface area contributed by atoms with E-state index in [0.29, 0.717) is 19.4 Å². The lowest BCUT2D eigenvalue weighted by Gasteiger charge is -2.18. The summed E-state index contributed by atoms with van der Waals surface area (Å²) < 4.78 is 12.8. The molecule has 0 fully saturated rings. The van der Waals surface area contributed by atoms with Gasteiger partial charge in [-0.25, -0.2) is 0 Å². The van der Waals surface area contributed by atoms with Gasteiger partial charge in [0.05, 0.1) is 0 Å². The van der Waals surface area contributed by atoms with Crippen LogP contribution >= 0.6 is 0 Å². The Kier molecular flexibility index (Phi) is 5.23. The average Bonchev–Trinajstić information content (AvgIpc) is 3.35. The first-order valence-electron chi connectivity index (χ1n) is 9.25. The van der Waals surface area contributed by atoms with Crippen LogP contribution in [0.1, 0.15) is 29.3 Å². The number of benzene rings is 2. The summed E-state index contributed by atoms with van der Waals surface area (Å²) in [4.78, 5) is 12.6. The van der Waals surface area contributed by atoms with Gasteiger partial charge in [0, 0.05) is 32.4 Å². The lowest BCUT2D eigenvalue weighted by atomic mass is 9.88. The van der Waals surface area contributed by atoms with Gasteiger partial charge in [-0.1, -0.05) is 36.4 Å². The number of fused-ring (bicyclic) bond motifs is 1. The molecule has 7 heteroatoms. The lowest BCUT2D eigenvalue weighted by Crippen LogP contribution is -2.28. The summed E-state index contributed by atoms with van der Waals surface area (Å²) in [6.07, 6.45) is 2.65. The van der Waals surface area contributed by atoms with Crippen LogP contribution in [0.15, 0.2) is 54.9 Å². The minimum Gasteiger partial charge on any atom is -0.454 e. The molecule has 28 heavy (non-hydrogen) atoms. The number of carbonyl (C=O) groups is 1. The molecule has 1 atom stereocenters. The molecule has 3 aromatic rings. The second kappa shape index (κ2) is 8.12. The van der Waals surface area contributed by atoms with Crippen molar-refractivity contribution in [1.29, 1.82) is 0 Å². The number of amides is 1. The van der Waals surface area contributed by atoms with Crippen LogP contribution in [0, 0.1) is 0 Å². The van der Waals surface area contributed by atoms with Crippen LogP contribution in [0.3, 0.4) is 0 Å². The summed E-state index contributed by atoms with van der Waals surface area (Å²) in [7, 11) is 1.89. The zero-order valence-corrected chi connectivity index (χ0v) is 15.7. The standard InChI is InChI=1S/C21H22N4O3/c1-25-13-23-24-20(25)9-10-22-21(26)12-17(15-5-3-2-4-6-15)16-7-8-18-19(11-16)28-14-27-18/h2-8,11,13,17H,9-10,12,14H2,1H3,(H,22,26)/t17-/m1/s1. The molecule has 144 valence electrons. The van der Waals surface area contributed by atoms with E-state index in [0.717, 1.165) is 28.5 Å². The van der Waals surface area contributed by atoms with Crippen molar-refractivity contribution in [1.82, 2.24) is 20.1 Å². The minimum absolute atomic E-state index is 0.00584. The fraction of sp³-hybridized carbons (Fsp3) is 0.286. The van der Waals surface area contributed by atoms with Crippen molar-refractivity contribution in [2.24, 2.45) is 7.05 Å². The summed E-state index contributed by atoms with van der Waals surface area (Å²) in [5, 5.41) is 10.9. The molecule has 1 amide bonds. The quantitative estimate of drug-likeness (QED) is 0.683. The molecule has 2 aromatic carbocycles.